The molecule has 0 spiro atoms. The van der Waals surface area contributed by atoms with E-state index in [-0.39, 0.29) is 0 Å². The first-order chi connectivity index (χ1) is 9.40. The highest BCUT2D eigenvalue weighted by Gasteiger charge is 2.32. The van der Waals surface area contributed by atoms with E-state index in [1.165, 1.54) is 5.17 Å². The zero-order chi connectivity index (χ0) is 12.9. The molecule has 2 aromatic heterocycles. The normalized spacial score (nSPS) is 13.8. The molecule has 0 atom stereocenters. The molecule has 2 aromatic rings. The van der Waals surface area contributed by atoms with Gasteiger partial charge in [0.1, 0.15) is 0 Å². The number of rotatable bonds is 6. The lowest BCUT2D eigenvalue weighted by atomic mass is 10.2. The van der Waals surface area contributed by atoms with Crippen molar-refractivity contribution in [2.75, 3.05) is 6.54 Å². The Morgan fingerprint density at radius 1 is 1.11 bits per heavy atom. The molecule has 98 valence electrons. The second kappa shape index (κ2) is 5.46. The molecule has 0 radical (unpaired) electrons. The lowest BCUT2D eigenvalue weighted by Crippen LogP contribution is -2.43. The van der Waals surface area contributed by atoms with E-state index in [2.05, 4.69) is 25.8 Å². The Morgan fingerprint density at radius 3 is 2.26 bits per heavy atom. The Kier molecular flexibility index (Phi) is 3.34. The van der Waals surface area contributed by atoms with Crippen LogP contribution in [0.1, 0.15) is 0 Å². The van der Waals surface area contributed by atoms with Crippen LogP contribution in [-0.2, 0) is 4.76 Å². The Morgan fingerprint density at radius 2 is 1.79 bits per heavy atom. The molecule has 0 bridgehead atoms. The highest BCUT2D eigenvalue weighted by Crippen LogP contribution is 2.11. The first-order valence-corrected chi connectivity index (χ1v) is 5.59. The van der Waals surface area contributed by atoms with Gasteiger partial charge in [-0.15, -0.1) is 10.2 Å². The lowest BCUT2D eigenvalue weighted by molar-refractivity contribution is -0.0780. The van der Waals surface area contributed by atoms with Gasteiger partial charge in [-0.3, -0.25) is 10.2 Å². The van der Waals surface area contributed by atoms with E-state index in [0.717, 1.165) is 0 Å². The number of hydrogen-bond donors (Lipinski definition) is 3. The van der Waals surface area contributed by atoms with E-state index in [4.69, 9.17) is 14.1 Å². The van der Waals surface area contributed by atoms with Crippen LogP contribution in [0, 0.1) is 0 Å². The zero-order valence-electron chi connectivity index (χ0n) is 9.81. The number of aromatic amines is 2. The predicted octanol–water partition coefficient (Wildman–Crippen LogP) is -0.159. The third-order valence-corrected chi connectivity index (χ3v) is 2.19. The number of hydrazine groups is 1. The molecular weight excluding hydrogens is 251 g/mol. The topological polar surface area (TPSA) is 100 Å². The van der Waals surface area contributed by atoms with Gasteiger partial charge in [0.05, 0.1) is 0 Å². The maximum absolute atomic E-state index is 5.44. The number of aromatic nitrogens is 4. The first kappa shape index (κ1) is 11.6. The molecule has 3 rings (SSSR count). The van der Waals surface area contributed by atoms with Gasteiger partial charge < -0.3 is 9.31 Å². The molecule has 0 aliphatic carbocycles. The summed E-state index contributed by atoms with van der Waals surface area (Å²) in [5.74, 6) is 0.701. The number of nitrogens with one attached hydrogen (secondary N) is 3. The molecule has 3 heterocycles. The minimum absolute atomic E-state index is 0.351. The summed E-state index contributed by atoms with van der Waals surface area (Å²) in [5.41, 5.74) is 2.93. The summed E-state index contributed by atoms with van der Waals surface area (Å²) in [5, 5.41) is 14.4. The zero-order valence-corrected chi connectivity index (χ0v) is 9.81. The molecule has 0 unspecified atom stereocenters. The van der Waals surface area contributed by atoms with Crippen molar-refractivity contribution < 1.29 is 14.1 Å². The van der Waals surface area contributed by atoms with Gasteiger partial charge in [-0.1, -0.05) is 0 Å². The molecule has 0 saturated carbocycles. The number of nitrogens with zero attached hydrogens (tertiary/aromatic N) is 3. The van der Waals surface area contributed by atoms with Gasteiger partial charge in [0.2, 0.25) is 11.8 Å². The van der Waals surface area contributed by atoms with Crippen LogP contribution >= 0.6 is 0 Å². The number of hydroxylamine groups is 1. The predicted molar refractivity (Wildman–Crippen MR) is 64.3 cm³/mol. The van der Waals surface area contributed by atoms with Crippen LogP contribution < -0.4 is 14.7 Å². The van der Waals surface area contributed by atoms with Crippen molar-refractivity contribution in [1.82, 2.24) is 31.0 Å². The average Bonchev–Trinajstić information content (AvgIpc) is 3.10. The van der Waals surface area contributed by atoms with E-state index in [1.807, 2.05) is 6.08 Å². The Hall–Kier alpha value is -2.46. The Bertz CT molecular complexity index is 480. The van der Waals surface area contributed by atoms with Crippen LogP contribution in [0.3, 0.4) is 0 Å². The second-order valence-electron chi connectivity index (χ2n) is 3.53. The van der Waals surface area contributed by atoms with Crippen molar-refractivity contribution in [3.8, 4) is 11.8 Å². The van der Waals surface area contributed by atoms with Crippen molar-refractivity contribution in [1.29, 1.82) is 0 Å². The molecule has 9 nitrogen and oxygen atoms in total. The third kappa shape index (κ3) is 3.06. The standard InChI is InChI=1S/C9H11BN6O3/c1-4-13-16(7-1)19-10(17-8-2-5-11-14-8)18-9-3-6-12-15-9/h1-3,5-7,13H,4H2,(H,11,14)(H,12,15). The van der Waals surface area contributed by atoms with Crippen LogP contribution in [0.4, 0.5) is 0 Å². The first-order valence-electron chi connectivity index (χ1n) is 5.59. The summed E-state index contributed by atoms with van der Waals surface area (Å²) in [6, 6.07) is 3.30. The molecule has 0 amide bonds. The minimum Gasteiger partial charge on any atom is -0.484 e. The molecule has 1 aliphatic rings. The fourth-order valence-corrected chi connectivity index (χ4v) is 1.40. The molecule has 1 aliphatic heterocycles. The third-order valence-electron chi connectivity index (χ3n) is 2.19. The smallest absolute Gasteiger partial charge is 0.484 e. The Labute approximate surface area is 108 Å². The summed E-state index contributed by atoms with van der Waals surface area (Å²) in [7, 11) is -1.03. The number of H-pyrrole nitrogens is 2. The van der Waals surface area contributed by atoms with Gasteiger partial charge in [-0.25, -0.2) is 15.4 Å². The van der Waals surface area contributed by atoms with Gasteiger partial charge >= 0.3 is 7.32 Å². The van der Waals surface area contributed by atoms with Gasteiger partial charge in [0, 0.05) is 37.3 Å². The van der Waals surface area contributed by atoms with Crippen molar-refractivity contribution in [3.05, 3.63) is 36.8 Å². The maximum atomic E-state index is 5.44. The largest absolute Gasteiger partial charge is 0.814 e. The second-order valence-corrected chi connectivity index (χ2v) is 3.53. The van der Waals surface area contributed by atoms with E-state index in [1.54, 1.807) is 30.7 Å². The minimum atomic E-state index is -1.03. The quantitative estimate of drug-likeness (QED) is 0.622. The summed E-state index contributed by atoms with van der Waals surface area (Å²) in [6.45, 7) is 0.678. The fourth-order valence-electron chi connectivity index (χ4n) is 1.40. The highest BCUT2D eigenvalue weighted by molar-refractivity contribution is 6.38. The van der Waals surface area contributed by atoms with Crippen molar-refractivity contribution in [2.24, 2.45) is 0 Å². The SMILES string of the molecule is C1=CN(OB(Oc2cc[nH]n2)Oc2cc[nH]n2)NC1. The molecule has 0 fully saturated rings. The summed E-state index contributed by atoms with van der Waals surface area (Å²) >= 11 is 0. The highest BCUT2D eigenvalue weighted by atomic mass is 16.8. The monoisotopic (exact) mass is 262 g/mol. The summed E-state index contributed by atoms with van der Waals surface area (Å²) in [6.07, 6.45) is 6.87. The van der Waals surface area contributed by atoms with E-state index < -0.39 is 7.32 Å². The molecule has 10 heteroatoms. The summed E-state index contributed by atoms with van der Waals surface area (Å²) in [4.78, 5) is 0. The van der Waals surface area contributed by atoms with Crippen molar-refractivity contribution >= 4 is 7.32 Å². The summed E-state index contributed by atoms with van der Waals surface area (Å²) < 4.78 is 16.3. The van der Waals surface area contributed by atoms with Gasteiger partial charge in [0.15, 0.2) is 0 Å². The van der Waals surface area contributed by atoms with Gasteiger partial charge in [0.25, 0.3) is 0 Å². The van der Waals surface area contributed by atoms with E-state index in [0.29, 0.717) is 18.3 Å². The molecule has 0 saturated heterocycles. The van der Waals surface area contributed by atoms with Crippen LogP contribution in [0.5, 0.6) is 11.8 Å². The van der Waals surface area contributed by atoms with Crippen LogP contribution in [0.2, 0.25) is 0 Å². The molecule has 0 aromatic carbocycles. The van der Waals surface area contributed by atoms with Crippen LogP contribution in [0.15, 0.2) is 36.8 Å². The van der Waals surface area contributed by atoms with E-state index >= 15 is 0 Å². The lowest BCUT2D eigenvalue weighted by Gasteiger charge is -2.19. The van der Waals surface area contributed by atoms with Crippen molar-refractivity contribution in [3.63, 3.8) is 0 Å². The fraction of sp³-hybridized carbons (Fsp3) is 0.111. The average molecular weight is 262 g/mol. The van der Waals surface area contributed by atoms with E-state index in [9.17, 15) is 0 Å². The maximum Gasteiger partial charge on any atom is 0.814 e. The Balaban J connectivity index is 1.65. The van der Waals surface area contributed by atoms with Crippen LogP contribution in [-0.4, -0.2) is 39.4 Å². The van der Waals surface area contributed by atoms with Gasteiger partial charge in [-0.2, -0.15) is 0 Å². The number of hydrogen-bond acceptors (Lipinski definition) is 7. The van der Waals surface area contributed by atoms with Crippen LogP contribution in [0.25, 0.3) is 0 Å². The van der Waals surface area contributed by atoms with Crippen molar-refractivity contribution in [2.45, 2.75) is 0 Å². The molecule has 19 heavy (non-hydrogen) atoms. The molecule has 3 N–H and O–H groups in total. The van der Waals surface area contributed by atoms with Gasteiger partial charge in [-0.05, 0) is 6.08 Å². The molecular formula is C9H11BN6O3.